The van der Waals surface area contributed by atoms with Crippen LogP contribution >= 0.6 is 34.4 Å². The average Bonchev–Trinajstić information content (AvgIpc) is 2.75. The summed E-state index contributed by atoms with van der Waals surface area (Å²) >= 11 is 4.86. The number of nitrogens with zero attached hydrogens (tertiary/aromatic N) is 3. The molecule has 0 saturated heterocycles. The second-order valence-electron chi connectivity index (χ2n) is 2.96. The molecule has 3 nitrogen and oxygen atoms in total. The van der Waals surface area contributed by atoms with Crippen molar-refractivity contribution >= 4 is 34.4 Å². The molecule has 0 aliphatic heterocycles. The summed E-state index contributed by atoms with van der Waals surface area (Å²) in [5.41, 5.74) is 0. The Morgan fingerprint density at radius 1 is 1.29 bits per heavy atom. The molecule has 0 unspecified atom stereocenters. The number of rotatable bonds is 3. The van der Waals surface area contributed by atoms with Gasteiger partial charge in [-0.15, -0.1) is 21.5 Å². The molecule has 6 heteroatoms. The number of aromatic nitrogens is 3. The predicted octanol–water partition coefficient (Wildman–Crippen LogP) is 3.27. The number of hydrogen-bond donors (Lipinski definition) is 0. The van der Waals surface area contributed by atoms with Gasteiger partial charge in [0.15, 0.2) is 8.68 Å². The quantitative estimate of drug-likeness (QED) is 0.829. The van der Waals surface area contributed by atoms with E-state index in [9.17, 15) is 0 Å². The van der Waals surface area contributed by atoms with E-state index in [0.717, 1.165) is 13.7 Å². The topological polar surface area (TPSA) is 38.7 Å². The first-order valence-electron chi connectivity index (χ1n) is 4.16. The molecule has 2 heterocycles. The third-order valence-corrected chi connectivity index (χ3v) is 4.66. The Morgan fingerprint density at radius 3 is 2.71 bits per heavy atom. The van der Waals surface area contributed by atoms with E-state index in [4.69, 9.17) is 0 Å². The molecule has 2 rings (SSSR count). The summed E-state index contributed by atoms with van der Waals surface area (Å²) in [6.45, 7) is 4.25. The Hall–Kier alpha value is -0.460. The monoisotopic (exact) mass is 243 g/mol. The summed E-state index contributed by atoms with van der Waals surface area (Å²) in [5, 5.41) is 11.3. The molecule has 0 atom stereocenters. The predicted molar refractivity (Wildman–Crippen MR) is 60.2 cm³/mol. The zero-order chi connectivity index (χ0) is 9.97. The van der Waals surface area contributed by atoms with Gasteiger partial charge in [0.2, 0.25) is 0 Å². The molecule has 0 aliphatic carbocycles. The standard InChI is InChI=1S/C8H9N3S3/c1-5(2)6-10-11-8(13-6)14-7-9-3-4-12-7/h3-5H,1-2H3. The van der Waals surface area contributed by atoms with Crippen LogP contribution in [0, 0.1) is 0 Å². The van der Waals surface area contributed by atoms with Crippen LogP contribution in [0.25, 0.3) is 0 Å². The van der Waals surface area contributed by atoms with Gasteiger partial charge >= 0.3 is 0 Å². The summed E-state index contributed by atoms with van der Waals surface area (Å²) in [6.07, 6.45) is 1.80. The number of thiazole rings is 1. The van der Waals surface area contributed by atoms with Crippen molar-refractivity contribution in [1.82, 2.24) is 15.2 Å². The fourth-order valence-electron chi connectivity index (χ4n) is 0.830. The zero-order valence-corrected chi connectivity index (χ0v) is 10.2. The molecule has 14 heavy (non-hydrogen) atoms. The van der Waals surface area contributed by atoms with Gasteiger partial charge in [-0.2, -0.15) is 0 Å². The van der Waals surface area contributed by atoms with Crippen molar-refractivity contribution in [2.75, 3.05) is 0 Å². The zero-order valence-electron chi connectivity index (χ0n) is 7.80. The van der Waals surface area contributed by atoms with Crippen LogP contribution in [0.5, 0.6) is 0 Å². The maximum Gasteiger partial charge on any atom is 0.181 e. The normalized spacial score (nSPS) is 11.1. The Balaban J connectivity index is 2.11. The van der Waals surface area contributed by atoms with Gasteiger partial charge < -0.3 is 0 Å². The van der Waals surface area contributed by atoms with Crippen LogP contribution in [0.2, 0.25) is 0 Å². The van der Waals surface area contributed by atoms with Gasteiger partial charge in [0.25, 0.3) is 0 Å². The first kappa shape index (κ1) is 10.1. The molecule has 0 spiro atoms. The lowest BCUT2D eigenvalue weighted by Gasteiger charge is -1.93. The van der Waals surface area contributed by atoms with Crippen molar-refractivity contribution in [3.8, 4) is 0 Å². The van der Waals surface area contributed by atoms with Crippen molar-refractivity contribution in [2.45, 2.75) is 28.4 Å². The van der Waals surface area contributed by atoms with E-state index in [0.29, 0.717) is 5.92 Å². The van der Waals surface area contributed by atoms with Gasteiger partial charge in [0.1, 0.15) is 5.01 Å². The van der Waals surface area contributed by atoms with E-state index < -0.39 is 0 Å². The number of hydrogen-bond acceptors (Lipinski definition) is 6. The van der Waals surface area contributed by atoms with Crippen molar-refractivity contribution in [1.29, 1.82) is 0 Å². The summed E-state index contributed by atoms with van der Waals surface area (Å²) in [6, 6.07) is 0. The van der Waals surface area contributed by atoms with Crippen molar-refractivity contribution in [3.63, 3.8) is 0 Å². The molecule has 0 radical (unpaired) electrons. The summed E-state index contributed by atoms with van der Waals surface area (Å²) in [5.74, 6) is 0.457. The molecule has 2 aromatic rings. The molecule has 0 aliphatic rings. The highest BCUT2D eigenvalue weighted by atomic mass is 32.2. The van der Waals surface area contributed by atoms with E-state index in [1.165, 1.54) is 0 Å². The van der Waals surface area contributed by atoms with Crippen molar-refractivity contribution in [2.24, 2.45) is 0 Å². The minimum atomic E-state index is 0.457. The largest absolute Gasteiger partial charge is 0.238 e. The lowest BCUT2D eigenvalue weighted by atomic mass is 10.2. The molecule has 0 bridgehead atoms. The van der Waals surface area contributed by atoms with E-state index in [1.807, 2.05) is 5.38 Å². The summed E-state index contributed by atoms with van der Waals surface area (Å²) in [4.78, 5) is 4.19. The van der Waals surface area contributed by atoms with Gasteiger partial charge in [-0.25, -0.2) is 4.98 Å². The second kappa shape index (κ2) is 4.37. The van der Waals surface area contributed by atoms with Gasteiger partial charge in [0, 0.05) is 17.5 Å². The highest BCUT2D eigenvalue weighted by molar-refractivity contribution is 8.02. The molecular formula is C8H9N3S3. The maximum atomic E-state index is 4.19. The van der Waals surface area contributed by atoms with E-state index >= 15 is 0 Å². The minimum absolute atomic E-state index is 0.457. The van der Waals surface area contributed by atoms with E-state index in [-0.39, 0.29) is 0 Å². The fourth-order valence-corrected chi connectivity index (χ4v) is 3.53. The first-order chi connectivity index (χ1) is 6.75. The van der Waals surface area contributed by atoms with Gasteiger partial charge in [-0.3, -0.25) is 0 Å². The third kappa shape index (κ3) is 2.31. The SMILES string of the molecule is CC(C)c1nnc(Sc2nccs2)s1. The van der Waals surface area contributed by atoms with Crippen LogP contribution < -0.4 is 0 Å². The lowest BCUT2D eigenvalue weighted by molar-refractivity contribution is 0.817. The Kier molecular flexibility index (Phi) is 3.15. The summed E-state index contributed by atoms with van der Waals surface area (Å²) in [7, 11) is 0. The van der Waals surface area contributed by atoms with Crippen LogP contribution in [-0.2, 0) is 0 Å². The van der Waals surface area contributed by atoms with Crippen LogP contribution in [0.1, 0.15) is 24.8 Å². The second-order valence-corrected chi connectivity index (χ2v) is 6.36. The molecule has 2 aromatic heterocycles. The molecule has 0 N–H and O–H groups in total. The molecule has 0 saturated carbocycles. The van der Waals surface area contributed by atoms with Gasteiger partial charge in [-0.1, -0.05) is 25.2 Å². The highest BCUT2D eigenvalue weighted by Gasteiger charge is 2.09. The minimum Gasteiger partial charge on any atom is -0.238 e. The fraction of sp³-hybridized carbons (Fsp3) is 0.375. The van der Waals surface area contributed by atoms with Crippen LogP contribution in [0.3, 0.4) is 0 Å². The first-order valence-corrected chi connectivity index (χ1v) is 6.67. The van der Waals surface area contributed by atoms with Crippen LogP contribution in [0.15, 0.2) is 20.3 Å². The molecule has 0 fully saturated rings. The third-order valence-electron chi connectivity index (χ3n) is 1.50. The molecule has 0 amide bonds. The maximum absolute atomic E-state index is 4.19. The van der Waals surface area contributed by atoms with Crippen molar-refractivity contribution in [3.05, 3.63) is 16.6 Å². The van der Waals surface area contributed by atoms with Gasteiger partial charge in [0.05, 0.1) is 0 Å². The Morgan fingerprint density at radius 2 is 2.14 bits per heavy atom. The average molecular weight is 243 g/mol. The molecule has 0 aromatic carbocycles. The Bertz CT molecular complexity index is 394. The van der Waals surface area contributed by atoms with Crippen LogP contribution in [0.4, 0.5) is 0 Å². The van der Waals surface area contributed by atoms with E-state index in [2.05, 4.69) is 29.0 Å². The Labute approximate surface area is 94.6 Å². The molecular weight excluding hydrogens is 234 g/mol. The van der Waals surface area contributed by atoms with Crippen LogP contribution in [-0.4, -0.2) is 15.2 Å². The van der Waals surface area contributed by atoms with Gasteiger partial charge in [-0.05, 0) is 11.8 Å². The smallest absolute Gasteiger partial charge is 0.181 e. The van der Waals surface area contributed by atoms with E-state index in [1.54, 1.807) is 40.6 Å². The van der Waals surface area contributed by atoms with Crippen molar-refractivity contribution < 1.29 is 0 Å². The summed E-state index contributed by atoms with van der Waals surface area (Å²) < 4.78 is 2.00. The highest BCUT2D eigenvalue weighted by Crippen LogP contribution is 2.32. The molecule has 74 valence electrons. The lowest BCUT2D eigenvalue weighted by Crippen LogP contribution is -1.83.